The van der Waals surface area contributed by atoms with E-state index in [4.69, 9.17) is 0 Å². The zero-order valence-corrected chi connectivity index (χ0v) is 7.99. The van der Waals surface area contributed by atoms with Crippen molar-refractivity contribution in [3.63, 3.8) is 0 Å². The van der Waals surface area contributed by atoms with E-state index in [9.17, 15) is 26.3 Å². The van der Waals surface area contributed by atoms with Crippen LogP contribution in [0.5, 0.6) is 0 Å². The summed E-state index contributed by atoms with van der Waals surface area (Å²) in [4.78, 5) is 0. The van der Waals surface area contributed by atoms with Crippen LogP contribution in [-0.2, 0) is 4.43 Å². The van der Waals surface area contributed by atoms with Crippen molar-refractivity contribution in [2.75, 3.05) is 0 Å². The first kappa shape index (κ1) is 12.8. The van der Waals surface area contributed by atoms with Crippen molar-refractivity contribution in [2.45, 2.75) is 31.6 Å². The molecule has 0 saturated carbocycles. The number of alkyl halides is 6. The Hall–Kier alpha value is -0.243. The summed E-state index contributed by atoms with van der Waals surface area (Å²) >= 11 is 0. The second-order valence-corrected chi connectivity index (χ2v) is 5.02. The lowest BCUT2D eigenvalue weighted by atomic mass is 10.3. The van der Waals surface area contributed by atoms with Crippen molar-refractivity contribution in [1.29, 1.82) is 0 Å². The lowest BCUT2D eigenvalue weighted by molar-refractivity contribution is -0.301. The molecule has 0 aliphatic rings. The van der Waals surface area contributed by atoms with Crippen molar-refractivity contribution in [3.8, 4) is 0 Å². The van der Waals surface area contributed by atoms with Gasteiger partial charge in [0, 0.05) is 0 Å². The van der Waals surface area contributed by atoms with Gasteiger partial charge in [-0.3, -0.25) is 0 Å². The molecule has 0 N–H and O–H groups in total. The van der Waals surface area contributed by atoms with Crippen molar-refractivity contribution in [2.24, 2.45) is 0 Å². The minimum atomic E-state index is -5.38. The number of rotatable bonds is 2. The van der Waals surface area contributed by atoms with E-state index < -0.39 is 27.5 Å². The molecule has 0 aromatic carbocycles. The summed E-state index contributed by atoms with van der Waals surface area (Å²) in [5.41, 5.74) is 0. The standard InChI is InChI=1S/C5H8F6OSi/c1-13(2)12-3(4(6,7)8)5(9,10)11/h3,13H,1-2H3. The molecule has 0 saturated heterocycles. The monoisotopic (exact) mass is 226 g/mol. The normalized spacial score (nSPS) is 14.3. The fourth-order valence-corrected chi connectivity index (χ4v) is 1.46. The molecule has 0 atom stereocenters. The summed E-state index contributed by atoms with van der Waals surface area (Å²) < 4.78 is 74.4. The highest BCUT2D eigenvalue weighted by atomic mass is 28.3. The van der Waals surface area contributed by atoms with Crippen LogP contribution in [0.3, 0.4) is 0 Å². The Balaban J connectivity index is 4.58. The summed E-state index contributed by atoms with van der Waals surface area (Å²) in [7, 11) is -2.37. The van der Waals surface area contributed by atoms with E-state index >= 15 is 0 Å². The van der Waals surface area contributed by atoms with Gasteiger partial charge < -0.3 is 4.43 Å². The van der Waals surface area contributed by atoms with Gasteiger partial charge in [0.15, 0.2) is 9.04 Å². The lowest BCUT2D eigenvalue weighted by Gasteiger charge is -2.24. The fourth-order valence-electron chi connectivity index (χ4n) is 0.612. The van der Waals surface area contributed by atoms with Crippen LogP contribution in [0.4, 0.5) is 26.3 Å². The Morgan fingerprint density at radius 2 is 1.23 bits per heavy atom. The number of halogens is 6. The van der Waals surface area contributed by atoms with E-state index in [1.807, 2.05) is 0 Å². The molecule has 0 aliphatic carbocycles. The van der Waals surface area contributed by atoms with E-state index in [0.29, 0.717) is 0 Å². The average Bonchev–Trinajstić information content (AvgIpc) is 1.77. The summed E-state index contributed by atoms with van der Waals surface area (Å²) in [5.74, 6) is 0. The Kier molecular flexibility index (Phi) is 3.79. The van der Waals surface area contributed by atoms with Crippen molar-refractivity contribution in [1.82, 2.24) is 0 Å². The molecule has 13 heavy (non-hydrogen) atoms. The minimum absolute atomic E-state index is 1.24. The van der Waals surface area contributed by atoms with Gasteiger partial charge in [0.25, 0.3) is 0 Å². The summed E-state index contributed by atoms with van der Waals surface area (Å²) in [6.07, 6.45) is -14.4. The molecular weight excluding hydrogens is 218 g/mol. The topological polar surface area (TPSA) is 9.23 Å². The molecule has 8 heteroatoms. The first-order chi connectivity index (χ1) is 5.55. The van der Waals surface area contributed by atoms with E-state index in [1.165, 1.54) is 13.1 Å². The van der Waals surface area contributed by atoms with Crippen LogP contribution in [0.1, 0.15) is 0 Å². The molecule has 0 rings (SSSR count). The molecule has 0 spiro atoms. The quantitative estimate of drug-likeness (QED) is 0.519. The predicted octanol–water partition coefficient (Wildman–Crippen LogP) is 2.48. The van der Waals surface area contributed by atoms with E-state index in [1.54, 1.807) is 0 Å². The molecule has 0 heterocycles. The first-order valence-electron chi connectivity index (χ1n) is 3.34. The van der Waals surface area contributed by atoms with Crippen LogP contribution in [0.15, 0.2) is 0 Å². The maximum Gasteiger partial charge on any atom is 0.422 e. The molecule has 0 radical (unpaired) electrons. The van der Waals surface area contributed by atoms with Gasteiger partial charge in [-0.2, -0.15) is 26.3 Å². The Morgan fingerprint density at radius 1 is 0.923 bits per heavy atom. The number of hydrogen-bond acceptors (Lipinski definition) is 1. The van der Waals surface area contributed by atoms with Gasteiger partial charge in [0.1, 0.15) is 0 Å². The Bertz CT molecular complexity index is 147. The predicted molar refractivity (Wildman–Crippen MR) is 35.9 cm³/mol. The molecule has 0 aliphatic heterocycles. The highest BCUT2D eigenvalue weighted by Crippen LogP contribution is 2.35. The third kappa shape index (κ3) is 4.51. The van der Waals surface area contributed by atoms with Gasteiger partial charge in [-0.25, -0.2) is 0 Å². The maximum absolute atomic E-state index is 11.8. The van der Waals surface area contributed by atoms with Crippen LogP contribution < -0.4 is 0 Å². The highest BCUT2D eigenvalue weighted by molar-refractivity contribution is 6.48. The van der Waals surface area contributed by atoms with Crippen molar-refractivity contribution < 1.29 is 30.8 Å². The van der Waals surface area contributed by atoms with E-state index in [2.05, 4.69) is 4.43 Å². The van der Waals surface area contributed by atoms with Crippen LogP contribution in [-0.4, -0.2) is 27.5 Å². The van der Waals surface area contributed by atoms with Gasteiger partial charge in [-0.1, -0.05) is 0 Å². The minimum Gasteiger partial charge on any atom is -0.402 e. The lowest BCUT2D eigenvalue weighted by Crippen LogP contribution is -2.46. The fraction of sp³-hybridized carbons (Fsp3) is 1.00. The van der Waals surface area contributed by atoms with Gasteiger partial charge in [-0.05, 0) is 13.1 Å². The summed E-state index contributed by atoms with van der Waals surface area (Å²) in [6, 6.07) is 0. The van der Waals surface area contributed by atoms with Gasteiger partial charge >= 0.3 is 12.4 Å². The number of hydrogen-bond donors (Lipinski definition) is 0. The van der Waals surface area contributed by atoms with E-state index in [-0.39, 0.29) is 0 Å². The van der Waals surface area contributed by atoms with Crippen LogP contribution >= 0.6 is 0 Å². The summed E-state index contributed by atoms with van der Waals surface area (Å²) in [6.45, 7) is 2.48. The smallest absolute Gasteiger partial charge is 0.402 e. The average molecular weight is 226 g/mol. The first-order valence-corrected chi connectivity index (χ1v) is 6.12. The van der Waals surface area contributed by atoms with E-state index in [0.717, 1.165) is 0 Å². The van der Waals surface area contributed by atoms with Crippen LogP contribution in [0.2, 0.25) is 13.1 Å². The Morgan fingerprint density at radius 3 is 1.31 bits per heavy atom. The zero-order valence-electron chi connectivity index (χ0n) is 6.83. The summed E-state index contributed by atoms with van der Waals surface area (Å²) in [5, 5.41) is 0. The van der Waals surface area contributed by atoms with Crippen LogP contribution in [0, 0.1) is 0 Å². The molecule has 0 amide bonds. The molecule has 0 bridgehead atoms. The van der Waals surface area contributed by atoms with Crippen molar-refractivity contribution >= 4 is 9.04 Å². The van der Waals surface area contributed by atoms with Gasteiger partial charge in [0.2, 0.25) is 6.10 Å². The molecule has 0 fully saturated rings. The molecule has 1 nitrogen and oxygen atoms in total. The van der Waals surface area contributed by atoms with Gasteiger partial charge in [-0.15, -0.1) is 0 Å². The molecule has 0 unspecified atom stereocenters. The third-order valence-corrected chi connectivity index (χ3v) is 1.82. The van der Waals surface area contributed by atoms with Gasteiger partial charge in [0.05, 0.1) is 0 Å². The molecule has 0 aromatic rings. The largest absolute Gasteiger partial charge is 0.422 e. The Labute approximate surface area is 72.4 Å². The SMILES string of the molecule is C[SiH](C)OC(C(F)(F)F)C(F)(F)F. The molecular formula is C5H8F6OSi. The highest BCUT2D eigenvalue weighted by Gasteiger charge is 2.57. The second-order valence-electron chi connectivity index (χ2n) is 2.65. The second kappa shape index (κ2) is 3.87. The third-order valence-electron chi connectivity index (χ3n) is 1.00. The van der Waals surface area contributed by atoms with Crippen LogP contribution in [0.25, 0.3) is 0 Å². The molecule has 0 aromatic heterocycles. The van der Waals surface area contributed by atoms with Crippen molar-refractivity contribution in [3.05, 3.63) is 0 Å². The molecule has 80 valence electrons. The zero-order chi connectivity index (χ0) is 10.9. The maximum atomic E-state index is 11.8.